The van der Waals surface area contributed by atoms with Crippen molar-refractivity contribution in [1.29, 1.82) is 0 Å². The Morgan fingerprint density at radius 2 is 2.17 bits per heavy atom. The Balaban J connectivity index is 0.00000162. The lowest BCUT2D eigenvalue weighted by Crippen LogP contribution is -2.37. The number of aryl methyl sites for hydroxylation is 1. The molecule has 1 aliphatic carbocycles. The van der Waals surface area contributed by atoms with Crippen LogP contribution in [0, 0.1) is 12.8 Å². The van der Waals surface area contributed by atoms with Crippen LogP contribution >= 0.6 is 23.7 Å². The molecule has 1 atom stereocenters. The van der Waals surface area contributed by atoms with Crippen molar-refractivity contribution in [2.75, 3.05) is 5.32 Å². The molecule has 5 nitrogen and oxygen atoms in total. The summed E-state index contributed by atoms with van der Waals surface area (Å²) in [7, 11) is 0. The summed E-state index contributed by atoms with van der Waals surface area (Å²) in [6.07, 6.45) is 5.74. The second kappa shape index (κ2) is 7.01. The van der Waals surface area contributed by atoms with E-state index in [0.717, 1.165) is 11.4 Å². The average molecular weight is 291 g/mol. The van der Waals surface area contributed by atoms with E-state index in [-0.39, 0.29) is 18.3 Å². The molecular formula is C11H19ClN4OS. The first-order valence-electron chi connectivity index (χ1n) is 6.01. The van der Waals surface area contributed by atoms with Gasteiger partial charge < -0.3 is 5.73 Å². The number of aromatic nitrogens is 2. The van der Waals surface area contributed by atoms with Crippen molar-refractivity contribution in [3.05, 3.63) is 5.01 Å². The fourth-order valence-electron chi connectivity index (χ4n) is 2.26. The Morgan fingerprint density at radius 3 is 2.72 bits per heavy atom. The number of hydrogen-bond donors (Lipinski definition) is 2. The van der Waals surface area contributed by atoms with Crippen molar-refractivity contribution < 1.29 is 4.79 Å². The quantitative estimate of drug-likeness (QED) is 0.890. The van der Waals surface area contributed by atoms with Gasteiger partial charge in [0.05, 0.1) is 6.04 Å². The molecular weight excluding hydrogens is 272 g/mol. The monoisotopic (exact) mass is 290 g/mol. The third kappa shape index (κ3) is 4.19. The molecule has 0 saturated heterocycles. The van der Waals surface area contributed by atoms with Crippen molar-refractivity contribution in [3.8, 4) is 0 Å². The number of nitrogens with zero attached hydrogens (tertiary/aromatic N) is 2. The molecule has 18 heavy (non-hydrogen) atoms. The van der Waals surface area contributed by atoms with Gasteiger partial charge in [0.2, 0.25) is 11.0 Å². The molecule has 1 fully saturated rings. The summed E-state index contributed by atoms with van der Waals surface area (Å²) < 4.78 is 0. The molecule has 1 amide bonds. The third-order valence-electron chi connectivity index (χ3n) is 3.15. The molecule has 1 heterocycles. The van der Waals surface area contributed by atoms with Gasteiger partial charge in [-0.1, -0.05) is 37.0 Å². The zero-order valence-electron chi connectivity index (χ0n) is 10.4. The van der Waals surface area contributed by atoms with Crippen LogP contribution < -0.4 is 11.1 Å². The summed E-state index contributed by atoms with van der Waals surface area (Å²) in [4.78, 5) is 11.8. The molecule has 1 aromatic rings. The van der Waals surface area contributed by atoms with E-state index in [1.54, 1.807) is 0 Å². The van der Waals surface area contributed by atoms with Gasteiger partial charge in [-0.05, 0) is 19.3 Å². The van der Waals surface area contributed by atoms with E-state index in [1.807, 2.05) is 6.92 Å². The predicted molar refractivity (Wildman–Crippen MR) is 75.1 cm³/mol. The second-order valence-corrected chi connectivity index (χ2v) is 5.79. The Bertz CT molecular complexity index is 392. The van der Waals surface area contributed by atoms with Crippen molar-refractivity contribution in [2.45, 2.75) is 45.1 Å². The molecule has 1 saturated carbocycles. The van der Waals surface area contributed by atoms with Crippen molar-refractivity contribution in [3.63, 3.8) is 0 Å². The molecule has 2 rings (SSSR count). The SMILES string of the molecule is Cc1nnc(NC(=O)[C@@H](N)CC2CCCC2)s1.Cl. The molecule has 102 valence electrons. The molecule has 0 bridgehead atoms. The molecule has 0 aliphatic heterocycles. The van der Waals surface area contributed by atoms with Crippen molar-refractivity contribution in [2.24, 2.45) is 11.7 Å². The van der Waals surface area contributed by atoms with Gasteiger partial charge in [0.25, 0.3) is 0 Å². The van der Waals surface area contributed by atoms with Gasteiger partial charge in [-0.25, -0.2) is 0 Å². The first kappa shape index (κ1) is 15.3. The lowest BCUT2D eigenvalue weighted by molar-refractivity contribution is -0.117. The maximum Gasteiger partial charge on any atom is 0.243 e. The van der Waals surface area contributed by atoms with Gasteiger partial charge >= 0.3 is 0 Å². The minimum absolute atomic E-state index is 0. The van der Waals surface area contributed by atoms with E-state index < -0.39 is 6.04 Å². The van der Waals surface area contributed by atoms with E-state index in [4.69, 9.17) is 5.73 Å². The van der Waals surface area contributed by atoms with Gasteiger partial charge in [-0.15, -0.1) is 22.6 Å². The predicted octanol–water partition coefficient (Wildman–Crippen LogP) is 2.11. The fraction of sp³-hybridized carbons (Fsp3) is 0.727. The summed E-state index contributed by atoms with van der Waals surface area (Å²) in [6, 6.07) is -0.428. The van der Waals surface area contributed by atoms with Crippen LogP contribution in [0.3, 0.4) is 0 Å². The van der Waals surface area contributed by atoms with Gasteiger partial charge in [0.1, 0.15) is 5.01 Å². The normalized spacial score (nSPS) is 17.2. The number of anilines is 1. The maximum absolute atomic E-state index is 11.8. The maximum atomic E-state index is 11.8. The number of hydrogen-bond acceptors (Lipinski definition) is 5. The standard InChI is InChI=1S/C11H18N4OS.ClH/c1-7-14-15-11(17-7)13-10(16)9(12)6-8-4-2-3-5-8;/h8-9H,2-6,12H2,1H3,(H,13,15,16);1H/t9-;/m0./s1. The number of halogens is 1. The number of carbonyl (C=O) groups excluding carboxylic acids is 1. The van der Waals surface area contributed by atoms with Gasteiger partial charge in [0.15, 0.2) is 0 Å². The van der Waals surface area contributed by atoms with E-state index in [9.17, 15) is 4.79 Å². The van der Waals surface area contributed by atoms with E-state index in [2.05, 4.69) is 15.5 Å². The Kier molecular flexibility index (Phi) is 5.98. The Labute approximate surface area is 117 Å². The highest BCUT2D eigenvalue weighted by Gasteiger charge is 2.22. The van der Waals surface area contributed by atoms with Gasteiger partial charge in [0, 0.05) is 0 Å². The minimum Gasteiger partial charge on any atom is -0.320 e. The smallest absolute Gasteiger partial charge is 0.243 e. The Morgan fingerprint density at radius 1 is 1.50 bits per heavy atom. The van der Waals surface area contributed by atoms with E-state index >= 15 is 0 Å². The summed E-state index contributed by atoms with van der Waals surface area (Å²) in [5.41, 5.74) is 5.90. The lowest BCUT2D eigenvalue weighted by atomic mass is 9.98. The molecule has 3 N–H and O–H groups in total. The van der Waals surface area contributed by atoms with E-state index in [1.165, 1.54) is 37.0 Å². The van der Waals surface area contributed by atoms with E-state index in [0.29, 0.717) is 11.0 Å². The summed E-state index contributed by atoms with van der Waals surface area (Å²) in [5.74, 6) is 0.472. The average Bonchev–Trinajstić information content (AvgIpc) is 2.90. The van der Waals surface area contributed by atoms with Gasteiger partial charge in [-0.3, -0.25) is 10.1 Å². The molecule has 0 unspecified atom stereocenters. The number of carbonyl (C=O) groups is 1. The molecule has 7 heteroatoms. The molecule has 0 spiro atoms. The number of rotatable bonds is 4. The summed E-state index contributed by atoms with van der Waals surface area (Å²) >= 11 is 1.37. The third-order valence-corrected chi connectivity index (χ3v) is 3.91. The molecule has 1 aromatic heterocycles. The van der Waals surface area contributed by atoms with Crippen LogP contribution in [0.5, 0.6) is 0 Å². The summed E-state index contributed by atoms with van der Waals surface area (Å²) in [5, 5.41) is 11.8. The lowest BCUT2D eigenvalue weighted by Gasteiger charge is -2.14. The Hall–Kier alpha value is -0.720. The minimum atomic E-state index is -0.428. The van der Waals surface area contributed by atoms with Crippen molar-refractivity contribution in [1.82, 2.24) is 10.2 Å². The van der Waals surface area contributed by atoms with Crippen LogP contribution in [0.4, 0.5) is 5.13 Å². The van der Waals surface area contributed by atoms with Crippen LogP contribution in [0.2, 0.25) is 0 Å². The number of amides is 1. The zero-order chi connectivity index (χ0) is 12.3. The molecule has 0 aromatic carbocycles. The molecule has 1 aliphatic rings. The fourth-order valence-corrected chi connectivity index (χ4v) is 2.85. The first-order valence-corrected chi connectivity index (χ1v) is 6.83. The van der Waals surface area contributed by atoms with Crippen molar-refractivity contribution >= 4 is 34.8 Å². The van der Waals surface area contributed by atoms with Crippen LogP contribution in [-0.4, -0.2) is 22.1 Å². The highest BCUT2D eigenvalue weighted by Crippen LogP contribution is 2.28. The number of nitrogens with two attached hydrogens (primary N) is 1. The van der Waals surface area contributed by atoms with Crippen LogP contribution in [0.25, 0.3) is 0 Å². The van der Waals surface area contributed by atoms with Crippen LogP contribution in [0.15, 0.2) is 0 Å². The van der Waals surface area contributed by atoms with Crippen LogP contribution in [0.1, 0.15) is 37.1 Å². The topological polar surface area (TPSA) is 80.9 Å². The van der Waals surface area contributed by atoms with Gasteiger partial charge in [-0.2, -0.15) is 0 Å². The zero-order valence-corrected chi connectivity index (χ0v) is 12.0. The van der Waals surface area contributed by atoms with Crippen LogP contribution in [-0.2, 0) is 4.79 Å². The first-order chi connectivity index (χ1) is 8.15. The largest absolute Gasteiger partial charge is 0.320 e. The second-order valence-electron chi connectivity index (χ2n) is 4.61. The summed E-state index contributed by atoms with van der Waals surface area (Å²) in [6.45, 7) is 1.85. The highest BCUT2D eigenvalue weighted by molar-refractivity contribution is 7.15. The number of nitrogens with one attached hydrogen (secondary N) is 1. The molecule has 0 radical (unpaired) electrons. The highest BCUT2D eigenvalue weighted by atomic mass is 35.5.